The van der Waals surface area contributed by atoms with Gasteiger partial charge >= 0.3 is 0 Å². The molecule has 162 valence electrons. The minimum atomic E-state index is -0.324. The molecular weight excluding hydrogens is 464 g/mol. The van der Waals surface area contributed by atoms with Crippen molar-refractivity contribution in [3.8, 4) is 0 Å². The summed E-state index contributed by atoms with van der Waals surface area (Å²) in [6, 6.07) is 16.3. The van der Waals surface area contributed by atoms with Gasteiger partial charge in [0.1, 0.15) is 0 Å². The molecule has 0 radical (unpaired) electrons. The summed E-state index contributed by atoms with van der Waals surface area (Å²) in [6.07, 6.45) is 1.24. The first-order valence-corrected chi connectivity index (χ1v) is 11.5. The predicted octanol–water partition coefficient (Wildman–Crippen LogP) is 5.97. The Hall–Kier alpha value is -3.07. The van der Waals surface area contributed by atoms with E-state index in [0.717, 1.165) is 27.4 Å². The number of carbonyl (C=O) groups excluding carboxylic acids is 2. The topological polar surface area (TPSA) is 83.1 Å². The van der Waals surface area contributed by atoms with Crippen LogP contribution in [0.5, 0.6) is 0 Å². The Labute approximate surface area is 199 Å². The van der Waals surface area contributed by atoms with Crippen LogP contribution in [0, 0.1) is 0 Å². The quantitative estimate of drug-likeness (QED) is 0.305. The van der Waals surface area contributed by atoms with Gasteiger partial charge < -0.3 is 10.6 Å². The van der Waals surface area contributed by atoms with Crippen LogP contribution in [-0.4, -0.2) is 21.9 Å². The van der Waals surface area contributed by atoms with Crippen molar-refractivity contribution in [2.45, 2.75) is 19.8 Å². The lowest BCUT2D eigenvalue weighted by atomic mass is 10.0. The minimum absolute atomic E-state index is 0.0523. The van der Waals surface area contributed by atoms with E-state index < -0.39 is 0 Å². The van der Waals surface area contributed by atoms with Crippen LogP contribution in [0.15, 0.2) is 54.6 Å². The number of thiazole rings is 1. The van der Waals surface area contributed by atoms with Crippen LogP contribution in [0.1, 0.15) is 30.1 Å². The molecule has 0 saturated carbocycles. The molecule has 9 heteroatoms. The first-order valence-electron chi connectivity index (χ1n) is 9.94. The summed E-state index contributed by atoms with van der Waals surface area (Å²) in [5.41, 5.74) is 1.97. The van der Waals surface area contributed by atoms with E-state index in [0.29, 0.717) is 27.8 Å². The normalized spacial score (nSPS) is 10.8. The molecular formula is C23H19ClN4O2S2. The van der Waals surface area contributed by atoms with Crippen molar-refractivity contribution in [1.82, 2.24) is 10.3 Å². The van der Waals surface area contributed by atoms with E-state index in [-0.39, 0.29) is 16.9 Å². The van der Waals surface area contributed by atoms with Gasteiger partial charge in [-0.1, -0.05) is 54.1 Å². The number of aromatic nitrogens is 1. The molecule has 3 aromatic carbocycles. The molecule has 3 N–H and O–H groups in total. The van der Waals surface area contributed by atoms with E-state index in [4.69, 9.17) is 23.8 Å². The van der Waals surface area contributed by atoms with E-state index in [1.54, 1.807) is 24.3 Å². The Kier molecular flexibility index (Phi) is 6.64. The van der Waals surface area contributed by atoms with Gasteiger partial charge in [0.05, 0.1) is 10.2 Å². The van der Waals surface area contributed by atoms with Crippen LogP contribution in [0.2, 0.25) is 5.02 Å². The summed E-state index contributed by atoms with van der Waals surface area (Å²) in [5, 5.41) is 11.4. The lowest BCUT2D eigenvalue weighted by Crippen LogP contribution is -2.34. The standard InChI is InChI=1S/C23H19ClN4O2S2/c1-2-5-20(29)27-23-26-18-11-10-13(12-19(18)32-23)25-22(31)28-21(30)16-8-3-7-15-14(16)6-4-9-17(15)24/h3-4,6-12H,2,5H2,1H3,(H,26,27,29)(H2,25,28,30,31). The molecule has 1 aromatic heterocycles. The molecule has 0 aliphatic carbocycles. The zero-order valence-electron chi connectivity index (χ0n) is 17.1. The molecule has 6 nitrogen and oxygen atoms in total. The molecule has 4 rings (SSSR count). The first kappa shape index (κ1) is 22.1. The van der Waals surface area contributed by atoms with Crippen molar-refractivity contribution in [3.63, 3.8) is 0 Å². The van der Waals surface area contributed by atoms with Gasteiger partial charge in [-0.05, 0) is 54.4 Å². The molecule has 0 aliphatic rings. The molecule has 0 fully saturated rings. The van der Waals surface area contributed by atoms with Gasteiger partial charge in [-0.15, -0.1) is 0 Å². The monoisotopic (exact) mass is 482 g/mol. The van der Waals surface area contributed by atoms with Gasteiger partial charge in [0.25, 0.3) is 5.91 Å². The maximum Gasteiger partial charge on any atom is 0.258 e. The first-order chi connectivity index (χ1) is 15.4. The number of carbonyl (C=O) groups is 2. The highest BCUT2D eigenvalue weighted by molar-refractivity contribution is 7.80. The van der Waals surface area contributed by atoms with Crippen LogP contribution in [0.3, 0.4) is 0 Å². The largest absolute Gasteiger partial charge is 0.332 e. The zero-order valence-corrected chi connectivity index (χ0v) is 19.5. The second-order valence-electron chi connectivity index (χ2n) is 7.05. The lowest BCUT2D eigenvalue weighted by Gasteiger charge is -2.11. The van der Waals surface area contributed by atoms with Crippen LogP contribution < -0.4 is 16.0 Å². The van der Waals surface area contributed by atoms with E-state index in [9.17, 15) is 9.59 Å². The number of fused-ring (bicyclic) bond motifs is 2. The van der Waals surface area contributed by atoms with E-state index >= 15 is 0 Å². The number of nitrogens with one attached hydrogen (secondary N) is 3. The second-order valence-corrected chi connectivity index (χ2v) is 8.89. The molecule has 0 bridgehead atoms. The number of hydrogen-bond acceptors (Lipinski definition) is 5. The number of hydrogen-bond donors (Lipinski definition) is 3. The fourth-order valence-corrected chi connectivity index (χ4v) is 4.64. The smallest absolute Gasteiger partial charge is 0.258 e. The molecule has 0 aliphatic heterocycles. The number of rotatable bonds is 5. The van der Waals surface area contributed by atoms with Gasteiger partial charge in [0.15, 0.2) is 10.2 Å². The highest BCUT2D eigenvalue weighted by Crippen LogP contribution is 2.29. The summed E-state index contributed by atoms with van der Waals surface area (Å²) in [4.78, 5) is 29.0. The van der Waals surface area contributed by atoms with Crippen LogP contribution in [-0.2, 0) is 4.79 Å². The third-order valence-corrected chi connectivity index (χ3v) is 6.18. The van der Waals surface area contributed by atoms with Gasteiger partial charge in [-0.2, -0.15) is 0 Å². The number of nitrogens with zero attached hydrogens (tertiary/aromatic N) is 1. The fraction of sp³-hybridized carbons (Fsp3) is 0.130. The SMILES string of the molecule is CCCC(=O)Nc1nc2ccc(NC(=S)NC(=O)c3cccc4c(Cl)cccc34)cc2s1. The van der Waals surface area contributed by atoms with Crippen molar-refractivity contribution in [1.29, 1.82) is 0 Å². The molecule has 4 aromatic rings. The lowest BCUT2D eigenvalue weighted by molar-refractivity contribution is -0.116. The Morgan fingerprint density at radius 3 is 2.66 bits per heavy atom. The van der Waals surface area contributed by atoms with E-state index in [1.165, 1.54) is 11.3 Å². The number of thiocarbonyl (C=S) groups is 1. The number of benzene rings is 3. The van der Waals surface area contributed by atoms with Gasteiger partial charge in [-0.25, -0.2) is 4.98 Å². The van der Waals surface area contributed by atoms with E-state index in [2.05, 4.69) is 20.9 Å². The summed E-state index contributed by atoms with van der Waals surface area (Å²) in [5.74, 6) is -0.376. The summed E-state index contributed by atoms with van der Waals surface area (Å²) < 4.78 is 0.889. The van der Waals surface area contributed by atoms with Gasteiger partial charge in [0, 0.05) is 28.1 Å². The average Bonchev–Trinajstić information content (AvgIpc) is 3.15. The van der Waals surface area contributed by atoms with Crippen LogP contribution in [0.25, 0.3) is 21.0 Å². The molecule has 0 atom stereocenters. The van der Waals surface area contributed by atoms with Crippen molar-refractivity contribution >= 4 is 83.9 Å². The summed E-state index contributed by atoms with van der Waals surface area (Å²) in [6.45, 7) is 1.95. The summed E-state index contributed by atoms with van der Waals surface area (Å²) >= 11 is 13.0. The highest BCUT2D eigenvalue weighted by atomic mass is 35.5. The summed E-state index contributed by atoms with van der Waals surface area (Å²) in [7, 11) is 0. The van der Waals surface area contributed by atoms with Crippen molar-refractivity contribution in [2.24, 2.45) is 0 Å². The molecule has 0 saturated heterocycles. The number of anilines is 2. The van der Waals surface area contributed by atoms with Gasteiger partial charge in [0.2, 0.25) is 5.91 Å². The maximum atomic E-state index is 12.8. The molecule has 32 heavy (non-hydrogen) atoms. The minimum Gasteiger partial charge on any atom is -0.332 e. The zero-order chi connectivity index (χ0) is 22.7. The van der Waals surface area contributed by atoms with Crippen molar-refractivity contribution < 1.29 is 9.59 Å². The predicted molar refractivity (Wildman–Crippen MR) is 136 cm³/mol. The van der Waals surface area contributed by atoms with E-state index in [1.807, 2.05) is 37.3 Å². The maximum absolute atomic E-state index is 12.8. The highest BCUT2D eigenvalue weighted by Gasteiger charge is 2.13. The van der Waals surface area contributed by atoms with Gasteiger partial charge in [-0.3, -0.25) is 14.9 Å². The number of halogens is 1. The van der Waals surface area contributed by atoms with Crippen LogP contribution in [0.4, 0.5) is 10.8 Å². The third-order valence-electron chi connectivity index (χ3n) is 4.71. The Bertz CT molecular complexity index is 1350. The van der Waals surface area contributed by atoms with Crippen molar-refractivity contribution in [3.05, 3.63) is 65.2 Å². The second kappa shape index (κ2) is 9.60. The number of amides is 2. The molecule has 0 spiro atoms. The third kappa shape index (κ3) is 4.88. The Balaban J connectivity index is 1.46. The molecule has 2 amide bonds. The van der Waals surface area contributed by atoms with Crippen LogP contribution >= 0.6 is 35.2 Å². The fourth-order valence-electron chi connectivity index (χ4n) is 3.27. The Morgan fingerprint density at radius 2 is 1.84 bits per heavy atom. The Morgan fingerprint density at radius 1 is 1.06 bits per heavy atom. The average molecular weight is 483 g/mol. The molecule has 0 unspecified atom stereocenters. The van der Waals surface area contributed by atoms with Crippen molar-refractivity contribution in [2.75, 3.05) is 10.6 Å². The molecule has 1 heterocycles.